The first-order chi connectivity index (χ1) is 6.90. The van der Waals surface area contributed by atoms with Crippen molar-refractivity contribution in [3.63, 3.8) is 0 Å². The molecule has 3 heteroatoms. The van der Waals surface area contributed by atoms with Gasteiger partial charge >= 0.3 is 0 Å². The van der Waals surface area contributed by atoms with E-state index in [0.717, 1.165) is 19.6 Å². The average Bonchev–Trinajstić information content (AvgIpc) is 2.71. The second-order valence-corrected chi connectivity index (χ2v) is 4.36. The van der Waals surface area contributed by atoms with Crippen LogP contribution in [0.1, 0.15) is 38.5 Å². The molecule has 2 rings (SSSR count). The average molecular weight is 199 g/mol. The summed E-state index contributed by atoms with van der Waals surface area (Å²) in [5.74, 6) is 0. The van der Waals surface area contributed by atoms with Gasteiger partial charge in [0.05, 0.1) is 18.3 Å². The third-order valence-electron chi connectivity index (χ3n) is 3.25. The Balaban J connectivity index is 1.80. The lowest BCUT2D eigenvalue weighted by molar-refractivity contribution is -0.111. The molecule has 2 fully saturated rings. The van der Waals surface area contributed by atoms with Crippen LogP contribution in [-0.4, -0.2) is 31.5 Å². The fourth-order valence-corrected chi connectivity index (χ4v) is 2.50. The van der Waals surface area contributed by atoms with E-state index >= 15 is 0 Å². The van der Waals surface area contributed by atoms with E-state index in [2.05, 4.69) is 0 Å². The van der Waals surface area contributed by atoms with Gasteiger partial charge in [0, 0.05) is 6.61 Å². The fourth-order valence-electron chi connectivity index (χ4n) is 2.50. The molecule has 0 spiro atoms. The zero-order valence-corrected chi connectivity index (χ0v) is 8.78. The third kappa shape index (κ3) is 2.47. The van der Waals surface area contributed by atoms with Crippen LogP contribution in [0.5, 0.6) is 0 Å². The van der Waals surface area contributed by atoms with Crippen LogP contribution in [0.3, 0.4) is 0 Å². The molecule has 14 heavy (non-hydrogen) atoms. The Hall–Kier alpha value is -0.120. The SMILES string of the molecule is NCCC1CCCC(C2CCCO2)O1. The lowest BCUT2D eigenvalue weighted by Gasteiger charge is -2.33. The normalized spacial score (nSPS) is 38.8. The summed E-state index contributed by atoms with van der Waals surface area (Å²) in [5.41, 5.74) is 5.55. The van der Waals surface area contributed by atoms with Crippen molar-refractivity contribution in [2.75, 3.05) is 13.2 Å². The Morgan fingerprint density at radius 3 is 2.64 bits per heavy atom. The van der Waals surface area contributed by atoms with Crippen LogP contribution >= 0.6 is 0 Å². The predicted octanol–water partition coefficient (Wildman–Crippen LogP) is 1.45. The van der Waals surface area contributed by atoms with Crippen molar-refractivity contribution < 1.29 is 9.47 Å². The smallest absolute Gasteiger partial charge is 0.0840 e. The lowest BCUT2D eigenvalue weighted by Crippen LogP contribution is -2.37. The van der Waals surface area contributed by atoms with Crippen molar-refractivity contribution in [3.05, 3.63) is 0 Å². The minimum Gasteiger partial charge on any atom is -0.376 e. The zero-order chi connectivity index (χ0) is 9.80. The van der Waals surface area contributed by atoms with E-state index in [-0.39, 0.29) is 0 Å². The van der Waals surface area contributed by atoms with E-state index in [4.69, 9.17) is 15.2 Å². The highest BCUT2D eigenvalue weighted by Gasteiger charge is 2.31. The number of rotatable bonds is 3. The summed E-state index contributed by atoms with van der Waals surface area (Å²) in [5, 5.41) is 0. The first-order valence-corrected chi connectivity index (χ1v) is 5.87. The Morgan fingerprint density at radius 1 is 1.07 bits per heavy atom. The van der Waals surface area contributed by atoms with Gasteiger partial charge in [-0.1, -0.05) is 0 Å². The molecule has 2 N–H and O–H groups in total. The Morgan fingerprint density at radius 2 is 1.93 bits per heavy atom. The molecular weight excluding hydrogens is 178 g/mol. The molecule has 0 aromatic carbocycles. The van der Waals surface area contributed by atoms with Gasteiger partial charge in [0.15, 0.2) is 0 Å². The molecular formula is C11H21NO2. The number of nitrogens with two attached hydrogens (primary N) is 1. The molecule has 0 saturated carbocycles. The van der Waals surface area contributed by atoms with Gasteiger partial charge in [-0.15, -0.1) is 0 Å². The molecule has 2 aliphatic rings. The van der Waals surface area contributed by atoms with Crippen molar-refractivity contribution >= 4 is 0 Å². The molecule has 0 amide bonds. The van der Waals surface area contributed by atoms with Crippen LogP contribution in [0.15, 0.2) is 0 Å². The van der Waals surface area contributed by atoms with Crippen molar-refractivity contribution in [1.29, 1.82) is 0 Å². The highest BCUT2D eigenvalue weighted by Crippen LogP contribution is 2.28. The quantitative estimate of drug-likeness (QED) is 0.748. The highest BCUT2D eigenvalue weighted by atomic mass is 16.5. The summed E-state index contributed by atoms with van der Waals surface area (Å²) in [6.45, 7) is 1.66. The van der Waals surface area contributed by atoms with Gasteiger partial charge in [-0.3, -0.25) is 0 Å². The summed E-state index contributed by atoms with van der Waals surface area (Å²) >= 11 is 0. The van der Waals surface area contributed by atoms with E-state index in [9.17, 15) is 0 Å². The Kier molecular flexibility index (Phi) is 3.79. The minimum absolute atomic E-state index is 0.350. The molecule has 0 aliphatic carbocycles. The Bertz CT molecular complexity index is 167. The van der Waals surface area contributed by atoms with E-state index in [0.29, 0.717) is 18.3 Å². The van der Waals surface area contributed by atoms with Crippen molar-refractivity contribution in [2.45, 2.75) is 56.8 Å². The molecule has 0 aromatic heterocycles. The van der Waals surface area contributed by atoms with Crippen LogP contribution in [0.25, 0.3) is 0 Å². The molecule has 2 saturated heterocycles. The topological polar surface area (TPSA) is 44.5 Å². The second-order valence-electron chi connectivity index (χ2n) is 4.36. The van der Waals surface area contributed by atoms with E-state index in [1.54, 1.807) is 0 Å². The van der Waals surface area contributed by atoms with Crippen molar-refractivity contribution in [3.8, 4) is 0 Å². The van der Waals surface area contributed by atoms with E-state index in [1.807, 2.05) is 0 Å². The summed E-state index contributed by atoms with van der Waals surface area (Å²) in [6, 6.07) is 0. The molecule has 3 unspecified atom stereocenters. The number of ether oxygens (including phenoxy) is 2. The zero-order valence-electron chi connectivity index (χ0n) is 8.78. The second kappa shape index (κ2) is 5.10. The maximum atomic E-state index is 6.01. The van der Waals surface area contributed by atoms with Crippen molar-refractivity contribution in [2.24, 2.45) is 5.73 Å². The van der Waals surface area contributed by atoms with Crippen LogP contribution < -0.4 is 5.73 Å². The Labute approximate surface area is 85.9 Å². The van der Waals surface area contributed by atoms with Gasteiger partial charge in [0.2, 0.25) is 0 Å². The van der Waals surface area contributed by atoms with E-state index < -0.39 is 0 Å². The standard InChI is InChI=1S/C11H21NO2/c12-7-6-9-3-1-4-11(14-9)10-5-2-8-13-10/h9-11H,1-8,12H2. The van der Waals surface area contributed by atoms with Crippen LogP contribution in [0.4, 0.5) is 0 Å². The summed E-state index contributed by atoms with van der Waals surface area (Å²) in [6.07, 6.45) is 8.12. The molecule has 0 radical (unpaired) electrons. The van der Waals surface area contributed by atoms with Gasteiger partial charge in [-0.05, 0) is 45.1 Å². The summed E-state index contributed by atoms with van der Waals surface area (Å²) in [4.78, 5) is 0. The van der Waals surface area contributed by atoms with Crippen LogP contribution in [0.2, 0.25) is 0 Å². The van der Waals surface area contributed by atoms with Gasteiger partial charge in [-0.25, -0.2) is 0 Å². The monoisotopic (exact) mass is 199 g/mol. The summed E-state index contributed by atoms with van der Waals surface area (Å²) < 4.78 is 11.7. The molecule has 0 aromatic rings. The maximum Gasteiger partial charge on any atom is 0.0840 e. The van der Waals surface area contributed by atoms with Gasteiger partial charge in [0.25, 0.3) is 0 Å². The number of hydrogen-bond donors (Lipinski definition) is 1. The molecule has 82 valence electrons. The van der Waals surface area contributed by atoms with E-state index in [1.165, 1.54) is 32.1 Å². The molecule has 2 aliphatic heterocycles. The fraction of sp³-hybridized carbons (Fsp3) is 1.00. The first kappa shape index (κ1) is 10.4. The molecule has 2 heterocycles. The lowest BCUT2D eigenvalue weighted by atomic mass is 9.97. The maximum absolute atomic E-state index is 6.01. The predicted molar refractivity (Wildman–Crippen MR) is 55.2 cm³/mol. The van der Waals surface area contributed by atoms with Crippen molar-refractivity contribution in [1.82, 2.24) is 0 Å². The van der Waals surface area contributed by atoms with Gasteiger partial charge < -0.3 is 15.2 Å². The molecule has 0 bridgehead atoms. The van der Waals surface area contributed by atoms with Gasteiger partial charge in [-0.2, -0.15) is 0 Å². The van der Waals surface area contributed by atoms with Gasteiger partial charge in [0.1, 0.15) is 0 Å². The number of hydrogen-bond acceptors (Lipinski definition) is 3. The summed E-state index contributed by atoms with van der Waals surface area (Å²) in [7, 11) is 0. The largest absolute Gasteiger partial charge is 0.376 e. The minimum atomic E-state index is 0.350. The molecule has 3 atom stereocenters. The van der Waals surface area contributed by atoms with Crippen LogP contribution in [0, 0.1) is 0 Å². The first-order valence-electron chi connectivity index (χ1n) is 5.87. The third-order valence-corrected chi connectivity index (χ3v) is 3.25. The van der Waals surface area contributed by atoms with Crippen LogP contribution in [-0.2, 0) is 9.47 Å². The highest BCUT2D eigenvalue weighted by molar-refractivity contribution is 4.80. The molecule has 3 nitrogen and oxygen atoms in total.